The molecule has 1 amide bonds. The number of aromatic nitrogens is 2. The number of thioether (sulfide) groups is 1. The van der Waals surface area contributed by atoms with E-state index in [4.69, 9.17) is 17.3 Å². The Hall–Kier alpha value is -1.67. The van der Waals surface area contributed by atoms with E-state index in [0.717, 1.165) is 22.4 Å². The predicted molar refractivity (Wildman–Crippen MR) is 70.7 cm³/mol. The third-order valence-electron chi connectivity index (χ3n) is 2.30. The molecule has 0 spiro atoms. The average Bonchev–Trinajstić information content (AvgIpc) is 2.79. The fraction of sp³-hybridized carbons (Fsp3) is 0.200. The number of hydrogen-bond acceptors (Lipinski definition) is 5. The van der Waals surface area contributed by atoms with Gasteiger partial charge in [0.2, 0.25) is 0 Å². The van der Waals surface area contributed by atoms with Gasteiger partial charge in [-0.3, -0.25) is 19.2 Å². The lowest BCUT2D eigenvalue weighted by molar-refractivity contribution is -0.140. The lowest BCUT2D eigenvalue weighted by Gasteiger charge is -2.10. The first-order valence-corrected chi connectivity index (χ1v) is 6.16. The van der Waals surface area contributed by atoms with E-state index in [2.05, 4.69) is 5.10 Å². The number of carboxylic acid groups (broad SMARTS) is 1. The van der Waals surface area contributed by atoms with Crippen LogP contribution in [0.5, 0.6) is 0 Å². The van der Waals surface area contributed by atoms with Crippen LogP contribution in [0.1, 0.15) is 5.69 Å². The van der Waals surface area contributed by atoms with Gasteiger partial charge in [0.1, 0.15) is 10.9 Å². The molecular formula is C10H9N3O3S2. The zero-order valence-electron chi connectivity index (χ0n) is 9.36. The zero-order valence-corrected chi connectivity index (χ0v) is 11.0. The van der Waals surface area contributed by atoms with E-state index in [1.807, 2.05) is 0 Å². The van der Waals surface area contributed by atoms with Gasteiger partial charge < -0.3 is 5.11 Å². The maximum atomic E-state index is 11.9. The summed E-state index contributed by atoms with van der Waals surface area (Å²) in [6.45, 7) is -0.409. The smallest absolute Gasteiger partial charge is 0.323 e. The van der Waals surface area contributed by atoms with Gasteiger partial charge in [0.05, 0.1) is 10.6 Å². The molecule has 2 rings (SSSR count). The first-order valence-electron chi connectivity index (χ1n) is 4.94. The van der Waals surface area contributed by atoms with Gasteiger partial charge in [0, 0.05) is 13.2 Å². The SMILES string of the molecule is Cn1nccc1C=C1SC(=S)N(CC(=O)O)C1=O. The molecule has 2 heterocycles. The lowest BCUT2D eigenvalue weighted by atomic mass is 10.3. The Morgan fingerprint density at radius 2 is 2.39 bits per heavy atom. The highest BCUT2D eigenvalue weighted by atomic mass is 32.2. The topological polar surface area (TPSA) is 75.4 Å². The number of carbonyl (C=O) groups excluding carboxylic acids is 1. The largest absolute Gasteiger partial charge is 0.480 e. The Balaban J connectivity index is 2.25. The molecule has 1 aromatic heterocycles. The number of carboxylic acids is 1. The number of aliphatic carboxylic acids is 1. The van der Waals surface area contributed by atoms with Crippen LogP contribution in [0.2, 0.25) is 0 Å². The Kier molecular flexibility index (Phi) is 3.48. The molecule has 0 aliphatic carbocycles. The number of amides is 1. The van der Waals surface area contributed by atoms with Crippen molar-refractivity contribution in [2.75, 3.05) is 6.54 Å². The molecule has 0 atom stereocenters. The van der Waals surface area contributed by atoms with Gasteiger partial charge in [-0.1, -0.05) is 24.0 Å². The van der Waals surface area contributed by atoms with Crippen LogP contribution in [0.25, 0.3) is 6.08 Å². The molecule has 0 bridgehead atoms. The average molecular weight is 283 g/mol. The molecule has 1 aromatic rings. The molecule has 18 heavy (non-hydrogen) atoms. The van der Waals surface area contributed by atoms with Gasteiger partial charge in [-0.25, -0.2) is 0 Å². The van der Waals surface area contributed by atoms with Gasteiger partial charge in [0.25, 0.3) is 5.91 Å². The van der Waals surface area contributed by atoms with Crippen molar-refractivity contribution in [1.29, 1.82) is 0 Å². The Morgan fingerprint density at radius 3 is 2.94 bits per heavy atom. The molecule has 6 nitrogen and oxygen atoms in total. The van der Waals surface area contributed by atoms with Crippen LogP contribution in [0.4, 0.5) is 0 Å². The summed E-state index contributed by atoms with van der Waals surface area (Å²) in [5.74, 6) is -1.47. The molecule has 1 fully saturated rings. The minimum absolute atomic E-state index is 0.260. The maximum Gasteiger partial charge on any atom is 0.323 e. The van der Waals surface area contributed by atoms with Crippen LogP contribution in [0, 0.1) is 0 Å². The molecule has 94 valence electrons. The molecular weight excluding hydrogens is 274 g/mol. The number of nitrogens with zero attached hydrogens (tertiary/aromatic N) is 3. The molecule has 8 heteroatoms. The van der Waals surface area contributed by atoms with E-state index in [1.54, 1.807) is 30.1 Å². The molecule has 1 N–H and O–H groups in total. The van der Waals surface area contributed by atoms with Crippen molar-refractivity contribution in [3.8, 4) is 0 Å². The highest BCUT2D eigenvalue weighted by Gasteiger charge is 2.33. The van der Waals surface area contributed by atoms with E-state index in [1.165, 1.54) is 0 Å². The van der Waals surface area contributed by atoms with Gasteiger partial charge >= 0.3 is 5.97 Å². The minimum atomic E-state index is -1.09. The highest BCUT2D eigenvalue weighted by molar-refractivity contribution is 8.26. The van der Waals surface area contributed by atoms with Crippen LogP contribution >= 0.6 is 24.0 Å². The van der Waals surface area contributed by atoms with E-state index in [0.29, 0.717) is 4.91 Å². The number of thiocarbonyl (C=S) groups is 1. The third-order valence-corrected chi connectivity index (χ3v) is 3.68. The maximum absolute atomic E-state index is 11.9. The van der Waals surface area contributed by atoms with Crippen LogP contribution in [0.3, 0.4) is 0 Å². The molecule has 1 aliphatic rings. The van der Waals surface area contributed by atoms with Crippen LogP contribution in [-0.2, 0) is 16.6 Å². The second-order valence-electron chi connectivity index (χ2n) is 3.54. The molecule has 0 saturated carbocycles. The summed E-state index contributed by atoms with van der Waals surface area (Å²) in [7, 11) is 1.75. The third kappa shape index (κ3) is 2.44. The van der Waals surface area contributed by atoms with Gasteiger partial charge in [-0.15, -0.1) is 0 Å². The van der Waals surface area contributed by atoms with E-state index in [-0.39, 0.29) is 10.2 Å². The quantitative estimate of drug-likeness (QED) is 0.650. The molecule has 1 aliphatic heterocycles. The van der Waals surface area contributed by atoms with Crippen LogP contribution in [0.15, 0.2) is 17.2 Å². The number of carbonyl (C=O) groups is 2. The number of aryl methyl sites for hydroxylation is 1. The van der Waals surface area contributed by atoms with Crippen molar-refractivity contribution in [2.24, 2.45) is 7.05 Å². The molecule has 0 radical (unpaired) electrons. The standard InChI is InChI=1S/C10H9N3O3S2/c1-12-6(2-3-11-12)4-7-9(16)13(5-8(14)15)10(17)18-7/h2-4H,5H2,1H3,(H,14,15). The van der Waals surface area contributed by atoms with E-state index >= 15 is 0 Å². The predicted octanol–water partition coefficient (Wildman–Crippen LogP) is 0.706. The van der Waals surface area contributed by atoms with Crippen molar-refractivity contribution in [2.45, 2.75) is 0 Å². The van der Waals surface area contributed by atoms with Crippen LogP contribution < -0.4 is 0 Å². The zero-order chi connectivity index (χ0) is 13.3. The summed E-state index contributed by atoms with van der Waals surface area (Å²) in [4.78, 5) is 24.1. The summed E-state index contributed by atoms with van der Waals surface area (Å²) >= 11 is 6.08. The summed E-state index contributed by atoms with van der Waals surface area (Å²) in [6.07, 6.45) is 3.26. The fourth-order valence-corrected chi connectivity index (χ4v) is 2.67. The van der Waals surface area contributed by atoms with E-state index in [9.17, 15) is 9.59 Å². The first-order chi connectivity index (χ1) is 8.49. The van der Waals surface area contributed by atoms with Crippen molar-refractivity contribution in [1.82, 2.24) is 14.7 Å². The summed E-state index contributed by atoms with van der Waals surface area (Å²) in [6, 6.07) is 1.75. The molecule has 1 saturated heterocycles. The normalized spacial score (nSPS) is 17.8. The van der Waals surface area contributed by atoms with Crippen molar-refractivity contribution in [3.05, 3.63) is 22.9 Å². The fourth-order valence-electron chi connectivity index (χ4n) is 1.43. The van der Waals surface area contributed by atoms with Gasteiger partial charge in [0.15, 0.2) is 0 Å². The Bertz CT molecular complexity index is 564. The second kappa shape index (κ2) is 4.91. The summed E-state index contributed by atoms with van der Waals surface area (Å²) < 4.78 is 1.87. The summed E-state index contributed by atoms with van der Waals surface area (Å²) in [5, 5.41) is 12.7. The monoisotopic (exact) mass is 283 g/mol. The Labute approximate surface area is 112 Å². The number of hydrogen-bond donors (Lipinski definition) is 1. The van der Waals surface area contributed by atoms with Gasteiger partial charge in [-0.05, 0) is 12.1 Å². The number of rotatable bonds is 3. The minimum Gasteiger partial charge on any atom is -0.480 e. The lowest BCUT2D eigenvalue weighted by Crippen LogP contribution is -2.33. The highest BCUT2D eigenvalue weighted by Crippen LogP contribution is 2.32. The Morgan fingerprint density at radius 1 is 1.67 bits per heavy atom. The first kappa shape index (κ1) is 12.8. The molecule has 0 aromatic carbocycles. The van der Waals surface area contributed by atoms with Gasteiger partial charge in [-0.2, -0.15) is 5.10 Å². The van der Waals surface area contributed by atoms with Crippen molar-refractivity contribution < 1.29 is 14.7 Å². The summed E-state index contributed by atoms with van der Waals surface area (Å²) in [5.41, 5.74) is 0.755. The molecule has 0 unspecified atom stereocenters. The second-order valence-corrected chi connectivity index (χ2v) is 5.22. The van der Waals surface area contributed by atoms with Crippen molar-refractivity contribution >= 4 is 46.3 Å². The van der Waals surface area contributed by atoms with E-state index < -0.39 is 12.5 Å². The van der Waals surface area contributed by atoms with Crippen LogP contribution in [-0.4, -0.2) is 42.5 Å². The van der Waals surface area contributed by atoms with Crippen molar-refractivity contribution in [3.63, 3.8) is 0 Å².